The van der Waals surface area contributed by atoms with Crippen LogP contribution in [0.1, 0.15) is 0 Å². The summed E-state index contributed by atoms with van der Waals surface area (Å²) < 4.78 is 32.3. The highest BCUT2D eigenvalue weighted by atomic mass is 32.2. The van der Waals surface area contributed by atoms with Crippen molar-refractivity contribution in [3.8, 4) is 5.75 Å². The van der Waals surface area contributed by atoms with E-state index >= 15 is 0 Å². The molecule has 0 amide bonds. The first-order chi connectivity index (χ1) is 11.4. The first-order valence-electron chi connectivity index (χ1n) is 6.70. The van der Waals surface area contributed by atoms with Crippen molar-refractivity contribution in [3.63, 3.8) is 0 Å². The molecule has 0 aliphatic carbocycles. The number of aromatic nitrogens is 2. The minimum Gasteiger partial charge on any atom is -0.490 e. The summed E-state index contributed by atoms with van der Waals surface area (Å²) in [6.45, 7) is 0. The Morgan fingerprint density at radius 3 is 2.79 bits per heavy atom. The van der Waals surface area contributed by atoms with Gasteiger partial charge in [0.1, 0.15) is 0 Å². The number of sulfonamides is 1. The lowest BCUT2D eigenvalue weighted by Crippen LogP contribution is -2.13. The molecule has 0 bridgehead atoms. The van der Waals surface area contributed by atoms with Crippen molar-refractivity contribution in [2.24, 2.45) is 0 Å². The predicted molar refractivity (Wildman–Crippen MR) is 86.6 cm³/mol. The molecule has 0 saturated carbocycles. The quantitative estimate of drug-likeness (QED) is 0.538. The van der Waals surface area contributed by atoms with Gasteiger partial charge >= 0.3 is 5.69 Å². The molecule has 0 saturated heterocycles. The number of para-hydroxylation sites is 1. The average molecular weight is 348 g/mol. The molecule has 0 fully saturated rings. The zero-order valence-electron chi connectivity index (χ0n) is 12.4. The van der Waals surface area contributed by atoms with Gasteiger partial charge in [-0.15, -0.1) is 0 Å². The number of nitro groups is 1. The first-order valence-corrected chi connectivity index (χ1v) is 8.18. The Hall–Kier alpha value is -3.14. The van der Waals surface area contributed by atoms with E-state index in [0.29, 0.717) is 11.2 Å². The second-order valence-electron chi connectivity index (χ2n) is 4.84. The summed E-state index contributed by atoms with van der Waals surface area (Å²) in [6.07, 6.45) is 1.56. The van der Waals surface area contributed by atoms with Crippen LogP contribution in [-0.2, 0) is 10.0 Å². The number of anilines is 1. The number of hydrogen-bond donors (Lipinski definition) is 2. The Morgan fingerprint density at radius 2 is 2.08 bits per heavy atom. The van der Waals surface area contributed by atoms with Crippen LogP contribution >= 0.6 is 0 Å². The van der Waals surface area contributed by atoms with Crippen LogP contribution in [0.15, 0.2) is 47.5 Å². The number of ether oxygens (including phenoxy) is 1. The van der Waals surface area contributed by atoms with Gasteiger partial charge in [0.25, 0.3) is 10.0 Å². The first kappa shape index (κ1) is 15.7. The monoisotopic (exact) mass is 348 g/mol. The molecule has 10 heteroatoms. The molecule has 0 radical (unpaired) electrons. The fraction of sp³-hybridized carbons (Fsp3) is 0.0714. The van der Waals surface area contributed by atoms with E-state index < -0.39 is 20.6 Å². The molecule has 1 heterocycles. The number of hydrogen-bond acceptors (Lipinski definition) is 6. The summed E-state index contributed by atoms with van der Waals surface area (Å²) in [5, 5.41) is 18.4. The summed E-state index contributed by atoms with van der Waals surface area (Å²) in [6, 6.07) is 8.44. The van der Waals surface area contributed by atoms with Crippen molar-refractivity contribution in [2.75, 3.05) is 11.8 Å². The van der Waals surface area contributed by atoms with Gasteiger partial charge in [0.2, 0.25) is 0 Å². The van der Waals surface area contributed by atoms with E-state index in [-0.39, 0.29) is 10.6 Å². The van der Waals surface area contributed by atoms with Crippen LogP contribution in [-0.4, -0.2) is 30.6 Å². The number of rotatable bonds is 5. The molecule has 0 atom stereocenters. The zero-order chi connectivity index (χ0) is 17.3. The third-order valence-corrected chi connectivity index (χ3v) is 4.74. The van der Waals surface area contributed by atoms with Crippen molar-refractivity contribution >= 4 is 32.3 Å². The number of nitro benzene ring substituents is 1. The number of benzene rings is 2. The highest BCUT2D eigenvalue weighted by Crippen LogP contribution is 2.30. The second-order valence-corrected chi connectivity index (χ2v) is 6.52. The third-order valence-electron chi connectivity index (χ3n) is 3.38. The van der Waals surface area contributed by atoms with Gasteiger partial charge in [-0.2, -0.15) is 5.10 Å². The van der Waals surface area contributed by atoms with Crippen molar-refractivity contribution in [3.05, 3.63) is 52.7 Å². The minimum atomic E-state index is -4.02. The summed E-state index contributed by atoms with van der Waals surface area (Å²) in [5.41, 5.74) is 0.382. The molecule has 0 unspecified atom stereocenters. The summed E-state index contributed by atoms with van der Waals surface area (Å²) >= 11 is 0. The van der Waals surface area contributed by atoms with Crippen molar-refractivity contribution in [1.29, 1.82) is 0 Å². The maximum absolute atomic E-state index is 12.5. The SMILES string of the molecule is COc1ccc(S(=O)(=O)Nc2cccc3cn[nH]c23)cc1[N+](=O)[O-]. The van der Waals surface area contributed by atoms with Crippen LogP contribution < -0.4 is 9.46 Å². The van der Waals surface area contributed by atoms with E-state index in [2.05, 4.69) is 14.9 Å². The Balaban J connectivity index is 2.03. The van der Waals surface area contributed by atoms with Gasteiger partial charge in [0, 0.05) is 11.5 Å². The van der Waals surface area contributed by atoms with Gasteiger partial charge in [-0.25, -0.2) is 8.42 Å². The van der Waals surface area contributed by atoms with E-state index in [1.807, 2.05) is 0 Å². The van der Waals surface area contributed by atoms with Crippen molar-refractivity contribution in [2.45, 2.75) is 4.90 Å². The van der Waals surface area contributed by atoms with E-state index in [0.717, 1.165) is 11.5 Å². The lowest BCUT2D eigenvalue weighted by atomic mass is 10.2. The number of aromatic amines is 1. The number of nitrogens with zero attached hydrogens (tertiary/aromatic N) is 2. The van der Waals surface area contributed by atoms with Crippen LogP contribution in [0.4, 0.5) is 11.4 Å². The topological polar surface area (TPSA) is 127 Å². The van der Waals surface area contributed by atoms with Crippen LogP contribution in [0.2, 0.25) is 0 Å². The normalized spacial score (nSPS) is 11.4. The van der Waals surface area contributed by atoms with Gasteiger partial charge in [-0.3, -0.25) is 19.9 Å². The fourth-order valence-electron chi connectivity index (χ4n) is 2.24. The molecule has 124 valence electrons. The van der Waals surface area contributed by atoms with Gasteiger partial charge < -0.3 is 4.74 Å². The van der Waals surface area contributed by atoms with E-state index in [4.69, 9.17) is 4.74 Å². The van der Waals surface area contributed by atoms with Crippen LogP contribution in [0, 0.1) is 10.1 Å². The van der Waals surface area contributed by atoms with Crippen LogP contribution in [0.25, 0.3) is 10.9 Å². The molecule has 3 rings (SSSR count). The van der Waals surface area contributed by atoms with Gasteiger partial charge in [-0.05, 0) is 18.2 Å². The smallest absolute Gasteiger partial charge is 0.312 e. The average Bonchev–Trinajstić information content (AvgIpc) is 3.03. The molecular formula is C14H12N4O5S. The second kappa shape index (κ2) is 5.81. The Kier molecular flexibility index (Phi) is 3.81. The zero-order valence-corrected chi connectivity index (χ0v) is 13.2. The van der Waals surface area contributed by atoms with Crippen molar-refractivity contribution < 1.29 is 18.1 Å². The third kappa shape index (κ3) is 2.74. The number of methoxy groups -OCH3 is 1. The molecule has 3 aromatic rings. The lowest BCUT2D eigenvalue weighted by Gasteiger charge is -2.10. The van der Waals surface area contributed by atoms with E-state index in [9.17, 15) is 18.5 Å². The fourth-order valence-corrected chi connectivity index (χ4v) is 3.33. The van der Waals surface area contributed by atoms with E-state index in [1.54, 1.807) is 24.4 Å². The maximum atomic E-state index is 12.5. The van der Waals surface area contributed by atoms with Crippen molar-refractivity contribution in [1.82, 2.24) is 10.2 Å². The van der Waals surface area contributed by atoms with Crippen LogP contribution in [0.5, 0.6) is 5.75 Å². The molecule has 2 N–H and O–H groups in total. The Labute approximate surface area is 136 Å². The van der Waals surface area contributed by atoms with E-state index in [1.165, 1.54) is 19.2 Å². The molecule has 9 nitrogen and oxygen atoms in total. The summed E-state index contributed by atoms with van der Waals surface area (Å²) in [7, 11) is -2.75. The molecule has 0 aliphatic heterocycles. The molecular weight excluding hydrogens is 336 g/mol. The summed E-state index contributed by atoms with van der Waals surface area (Å²) in [5.74, 6) is -0.0189. The van der Waals surface area contributed by atoms with Gasteiger partial charge in [-0.1, -0.05) is 12.1 Å². The van der Waals surface area contributed by atoms with Gasteiger partial charge in [0.15, 0.2) is 5.75 Å². The standard InChI is InChI=1S/C14H12N4O5S/c1-23-13-6-5-10(7-12(13)18(19)20)24(21,22)17-11-4-2-3-9-8-15-16-14(9)11/h2-8,17H,1H3,(H,15,16). The Bertz CT molecular complexity index is 1030. The summed E-state index contributed by atoms with van der Waals surface area (Å²) in [4.78, 5) is 10.1. The van der Waals surface area contributed by atoms with Crippen LogP contribution in [0.3, 0.4) is 0 Å². The minimum absolute atomic E-state index is 0.0189. The molecule has 0 aliphatic rings. The predicted octanol–water partition coefficient (Wildman–Crippen LogP) is 2.28. The number of fused-ring (bicyclic) bond motifs is 1. The molecule has 2 aromatic carbocycles. The number of H-pyrrole nitrogens is 1. The largest absolute Gasteiger partial charge is 0.490 e. The molecule has 0 spiro atoms. The maximum Gasteiger partial charge on any atom is 0.312 e. The lowest BCUT2D eigenvalue weighted by molar-refractivity contribution is -0.386. The highest BCUT2D eigenvalue weighted by molar-refractivity contribution is 7.92. The highest BCUT2D eigenvalue weighted by Gasteiger charge is 2.22. The molecule has 24 heavy (non-hydrogen) atoms. The Morgan fingerprint density at radius 1 is 1.29 bits per heavy atom. The number of nitrogens with one attached hydrogen (secondary N) is 2. The molecule has 1 aromatic heterocycles. The van der Waals surface area contributed by atoms with Gasteiger partial charge in [0.05, 0.1) is 34.3 Å².